The smallest absolute Gasteiger partial charge is 0.225 e. The first kappa shape index (κ1) is 16.0. The molecule has 0 spiro atoms. The van der Waals surface area contributed by atoms with Crippen molar-refractivity contribution in [3.05, 3.63) is 35.9 Å². The summed E-state index contributed by atoms with van der Waals surface area (Å²) in [4.78, 5) is 26.1. The van der Waals surface area contributed by atoms with Gasteiger partial charge in [0.05, 0.1) is 5.92 Å². The highest BCUT2D eigenvalue weighted by atomic mass is 16.2. The Morgan fingerprint density at radius 3 is 2.57 bits per heavy atom. The molecule has 4 heteroatoms. The second-order valence-electron chi connectivity index (χ2n) is 6.90. The molecule has 0 aromatic heterocycles. The first-order chi connectivity index (χ1) is 11.1. The molecule has 1 saturated heterocycles. The SMILES string of the molecule is CCN1CC(C(=O)NCC2(c3ccccc3)CCCC2)CC1=O. The number of carbonyl (C=O) groups is 2. The normalized spacial score (nSPS) is 23.3. The fourth-order valence-corrected chi connectivity index (χ4v) is 4.06. The van der Waals surface area contributed by atoms with E-state index in [1.54, 1.807) is 4.90 Å². The van der Waals surface area contributed by atoms with Gasteiger partial charge in [0.2, 0.25) is 11.8 Å². The van der Waals surface area contributed by atoms with Crippen molar-refractivity contribution < 1.29 is 9.59 Å². The lowest BCUT2D eigenvalue weighted by atomic mass is 9.78. The molecular formula is C19H26N2O2. The van der Waals surface area contributed by atoms with Crippen molar-refractivity contribution in [3.63, 3.8) is 0 Å². The van der Waals surface area contributed by atoms with Gasteiger partial charge in [0.25, 0.3) is 0 Å². The fourth-order valence-electron chi connectivity index (χ4n) is 4.06. The Morgan fingerprint density at radius 1 is 1.26 bits per heavy atom. The third kappa shape index (κ3) is 3.26. The summed E-state index contributed by atoms with van der Waals surface area (Å²) in [7, 11) is 0. The van der Waals surface area contributed by atoms with E-state index in [1.807, 2.05) is 13.0 Å². The van der Waals surface area contributed by atoms with Crippen molar-refractivity contribution in [2.75, 3.05) is 19.6 Å². The number of benzene rings is 1. The molecule has 124 valence electrons. The summed E-state index contributed by atoms with van der Waals surface area (Å²) in [6, 6.07) is 10.5. The van der Waals surface area contributed by atoms with Crippen LogP contribution in [0.3, 0.4) is 0 Å². The molecule has 1 heterocycles. The van der Waals surface area contributed by atoms with Crippen LogP contribution in [0.5, 0.6) is 0 Å². The number of rotatable bonds is 5. The molecule has 1 aromatic rings. The summed E-state index contributed by atoms with van der Waals surface area (Å²) in [5.74, 6) is -0.0422. The summed E-state index contributed by atoms with van der Waals surface area (Å²) < 4.78 is 0. The zero-order chi connectivity index (χ0) is 16.3. The number of nitrogens with one attached hydrogen (secondary N) is 1. The number of carbonyl (C=O) groups excluding carboxylic acids is 2. The molecule has 2 fully saturated rings. The molecule has 1 N–H and O–H groups in total. The minimum absolute atomic E-state index is 0.0384. The van der Waals surface area contributed by atoms with Crippen LogP contribution < -0.4 is 5.32 Å². The summed E-state index contributed by atoms with van der Waals surface area (Å²) in [6.45, 7) is 3.91. The Morgan fingerprint density at radius 2 is 1.96 bits per heavy atom. The summed E-state index contributed by atoms with van der Waals surface area (Å²) >= 11 is 0. The van der Waals surface area contributed by atoms with Gasteiger partial charge < -0.3 is 10.2 Å². The van der Waals surface area contributed by atoms with Crippen LogP contribution in [-0.2, 0) is 15.0 Å². The van der Waals surface area contributed by atoms with Gasteiger partial charge >= 0.3 is 0 Å². The van der Waals surface area contributed by atoms with Gasteiger partial charge in [-0.15, -0.1) is 0 Å². The van der Waals surface area contributed by atoms with Gasteiger partial charge in [0.1, 0.15) is 0 Å². The van der Waals surface area contributed by atoms with E-state index in [-0.39, 0.29) is 23.1 Å². The fraction of sp³-hybridized carbons (Fsp3) is 0.579. The Labute approximate surface area is 138 Å². The molecule has 1 aliphatic carbocycles. The van der Waals surface area contributed by atoms with Crippen LogP contribution >= 0.6 is 0 Å². The Hall–Kier alpha value is -1.84. The van der Waals surface area contributed by atoms with Crippen LogP contribution in [0.15, 0.2) is 30.3 Å². The lowest BCUT2D eigenvalue weighted by Gasteiger charge is -2.30. The van der Waals surface area contributed by atoms with E-state index < -0.39 is 0 Å². The average molecular weight is 314 g/mol. The largest absolute Gasteiger partial charge is 0.355 e. The summed E-state index contributed by atoms with van der Waals surface area (Å²) in [5.41, 5.74) is 1.40. The second kappa shape index (κ2) is 6.73. The average Bonchev–Trinajstić information content (AvgIpc) is 3.21. The maximum absolute atomic E-state index is 12.5. The van der Waals surface area contributed by atoms with Crippen molar-refractivity contribution in [2.24, 2.45) is 5.92 Å². The highest BCUT2D eigenvalue weighted by Crippen LogP contribution is 2.40. The van der Waals surface area contributed by atoms with Crippen molar-refractivity contribution in [1.82, 2.24) is 10.2 Å². The minimum Gasteiger partial charge on any atom is -0.355 e. The van der Waals surface area contributed by atoms with Gasteiger partial charge in [-0.05, 0) is 25.3 Å². The highest BCUT2D eigenvalue weighted by molar-refractivity contribution is 5.89. The molecule has 3 rings (SSSR count). The van der Waals surface area contributed by atoms with Gasteiger partial charge in [0, 0.05) is 31.5 Å². The quantitative estimate of drug-likeness (QED) is 0.908. The van der Waals surface area contributed by atoms with Crippen LogP contribution in [-0.4, -0.2) is 36.3 Å². The third-order valence-electron chi connectivity index (χ3n) is 5.51. The molecule has 0 radical (unpaired) electrons. The van der Waals surface area contributed by atoms with Gasteiger partial charge in [-0.1, -0.05) is 43.2 Å². The summed E-state index contributed by atoms with van der Waals surface area (Å²) in [6.07, 6.45) is 5.05. The standard InChI is InChI=1S/C19H26N2O2/c1-2-21-13-15(12-17(21)22)18(23)20-14-19(10-6-7-11-19)16-8-4-3-5-9-16/h3-5,8-9,15H,2,6-7,10-14H2,1H3,(H,20,23). The number of amides is 2. The second-order valence-corrected chi connectivity index (χ2v) is 6.90. The molecule has 1 aromatic carbocycles. The van der Waals surface area contributed by atoms with Gasteiger partial charge in [-0.3, -0.25) is 9.59 Å². The van der Waals surface area contributed by atoms with E-state index in [2.05, 4.69) is 29.6 Å². The zero-order valence-corrected chi connectivity index (χ0v) is 13.9. The lowest BCUT2D eigenvalue weighted by molar-refractivity contribution is -0.128. The Balaban J connectivity index is 1.64. The monoisotopic (exact) mass is 314 g/mol. The van der Waals surface area contributed by atoms with E-state index in [0.29, 0.717) is 26.1 Å². The molecule has 1 saturated carbocycles. The maximum Gasteiger partial charge on any atom is 0.225 e. The van der Waals surface area contributed by atoms with Crippen molar-refractivity contribution in [2.45, 2.75) is 44.4 Å². The first-order valence-corrected chi connectivity index (χ1v) is 8.76. The van der Waals surface area contributed by atoms with Gasteiger partial charge in [0.15, 0.2) is 0 Å². The first-order valence-electron chi connectivity index (χ1n) is 8.76. The van der Waals surface area contributed by atoms with E-state index in [0.717, 1.165) is 12.8 Å². The zero-order valence-electron chi connectivity index (χ0n) is 13.9. The van der Waals surface area contributed by atoms with Crippen LogP contribution in [0.2, 0.25) is 0 Å². The number of likely N-dealkylation sites (tertiary alicyclic amines) is 1. The van der Waals surface area contributed by atoms with Gasteiger partial charge in [-0.2, -0.15) is 0 Å². The van der Waals surface area contributed by atoms with Crippen LogP contribution in [0.25, 0.3) is 0 Å². The number of hydrogen-bond acceptors (Lipinski definition) is 2. The molecule has 1 aliphatic heterocycles. The van der Waals surface area contributed by atoms with E-state index in [4.69, 9.17) is 0 Å². The van der Waals surface area contributed by atoms with E-state index >= 15 is 0 Å². The third-order valence-corrected chi connectivity index (χ3v) is 5.51. The predicted octanol–water partition coefficient (Wildman–Crippen LogP) is 2.48. The van der Waals surface area contributed by atoms with Crippen molar-refractivity contribution >= 4 is 11.8 Å². The maximum atomic E-state index is 12.5. The summed E-state index contributed by atoms with van der Waals surface area (Å²) in [5, 5.41) is 3.15. The van der Waals surface area contributed by atoms with E-state index in [1.165, 1.54) is 18.4 Å². The van der Waals surface area contributed by atoms with Crippen LogP contribution in [0, 0.1) is 5.92 Å². The van der Waals surface area contributed by atoms with E-state index in [9.17, 15) is 9.59 Å². The minimum atomic E-state index is -0.184. The molecule has 23 heavy (non-hydrogen) atoms. The molecule has 0 bridgehead atoms. The molecule has 1 unspecified atom stereocenters. The van der Waals surface area contributed by atoms with Crippen LogP contribution in [0.1, 0.15) is 44.6 Å². The number of hydrogen-bond donors (Lipinski definition) is 1. The Bertz CT molecular complexity index is 564. The molecular weight excluding hydrogens is 288 g/mol. The predicted molar refractivity (Wildman–Crippen MR) is 90.0 cm³/mol. The molecule has 2 aliphatic rings. The highest BCUT2D eigenvalue weighted by Gasteiger charge is 2.38. The molecule has 2 amide bonds. The van der Waals surface area contributed by atoms with Crippen molar-refractivity contribution in [3.8, 4) is 0 Å². The lowest BCUT2D eigenvalue weighted by Crippen LogP contribution is -2.42. The molecule has 4 nitrogen and oxygen atoms in total. The number of nitrogens with zero attached hydrogens (tertiary/aromatic N) is 1. The van der Waals surface area contributed by atoms with Crippen LogP contribution in [0.4, 0.5) is 0 Å². The van der Waals surface area contributed by atoms with Gasteiger partial charge in [-0.25, -0.2) is 0 Å². The van der Waals surface area contributed by atoms with Crippen molar-refractivity contribution in [1.29, 1.82) is 0 Å². The molecule has 1 atom stereocenters. The topological polar surface area (TPSA) is 49.4 Å². The Kier molecular flexibility index (Phi) is 4.69.